The van der Waals surface area contributed by atoms with Crippen molar-refractivity contribution in [1.82, 2.24) is 4.90 Å². The van der Waals surface area contributed by atoms with Crippen LogP contribution in [0.3, 0.4) is 0 Å². The molecule has 0 heterocycles. The summed E-state index contributed by atoms with van der Waals surface area (Å²) in [5.74, 6) is 2.07. The zero-order valence-corrected chi connectivity index (χ0v) is 9.86. The Kier molecular flexibility index (Phi) is 6.81. The van der Waals surface area contributed by atoms with Gasteiger partial charge in [-0.05, 0) is 18.9 Å². The fourth-order valence-electron chi connectivity index (χ4n) is 1.27. The molecule has 0 spiro atoms. The highest BCUT2D eigenvalue weighted by atomic mass is 16.4. The van der Waals surface area contributed by atoms with Gasteiger partial charge in [0.1, 0.15) is 0 Å². The second-order valence-corrected chi connectivity index (χ2v) is 4.36. The predicted molar refractivity (Wildman–Crippen MR) is 61.5 cm³/mol. The molecule has 0 fully saturated rings. The lowest BCUT2D eigenvalue weighted by Gasteiger charge is -2.22. The van der Waals surface area contributed by atoms with Crippen molar-refractivity contribution < 1.29 is 9.90 Å². The lowest BCUT2D eigenvalue weighted by Crippen LogP contribution is -2.33. The minimum atomic E-state index is -0.762. The van der Waals surface area contributed by atoms with Gasteiger partial charge in [-0.3, -0.25) is 9.69 Å². The quantitative estimate of drug-likeness (QED) is 0.651. The van der Waals surface area contributed by atoms with Gasteiger partial charge >= 0.3 is 5.97 Å². The number of hydrogen-bond acceptors (Lipinski definition) is 2. The van der Waals surface area contributed by atoms with Crippen LogP contribution in [0.1, 0.15) is 27.2 Å². The third kappa shape index (κ3) is 6.98. The van der Waals surface area contributed by atoms with E-state index in [1.807, 2.05) is 4.90 Å². The smallest absolute Gasteiger partial charge is 0.307 e. The molecule has 0 aromatic heterocycles. The van der Waals surface area contributed by atoms with Crippen molar-refractivity contribution in [3.05, 3.63) is 0 Å². The van der Waals surface area contributed by atoms with E-state index >= 15 is 0 Å². The van der Waals surface area contributed by atoms with Gasteiger partial charge in [0.15, 0.2) is 0 Å². The molecule has 0 bridgehead atoms. The average molecular weight is 211 g/mol. The zero-order chi connectivity index (χ0) is 11.8. The average Bonchev–Trinajstić information content (AvgIpc) is 2.14. The van der Waals surface area contributed by atoms with Gasteiger partial charge in [-0.1, -0.05) is 26.7 Å². The highest BCUT2D eigenvalue weighted by Gasteiger charge is 2.15. The van der Waals surface area contributed by atoms with Crippen LogP contribution in [-0.4, -0.2) is 35.6 Å². The minimum absolute atomic E-state index is 0.356. The molecule has 0 aliphatic rings. The van der Waals surface area contributed by atoms with E-state index in [9.17, 15) is 4.79 Å². The van der Waals surface area contributed by atoms with Crippen molar-refractivity contribution in [1.29, 1.82) is 0 Å². The van der Waals surface area contributed by atoms with Crippen molar-refractivity contribution in [3.8, 4) is 12.3 Å². The van der Waals surface area contributed by atoms with E-state index in [4.69, 9.17) is 11.5 Å². The summed E-state index contributed by atoms with van der Waals surface area (Å²) in [4.78, 5) is 12.7. The molecular weight excluding hydrogens is 190 g/mol. The molecule has 0 aliphatic heterocycles. The Labute approximate surface area is 92.5 Å². The van der Waals surface area contributed by atoms with Crippen LogP contribution in [0.4, 0.5) is 0 Å². The van der Waals surface area contributed by atoms with Crippen LogP contribution in [-0.2, 0) is 4.79 Å². The summed E-state index contributed by atoms with van der Waals surface area (Å²) >= 11 is 0. The molecule has 1 atom stereocenters. The molecule has 1 unspecified atom stereocenters. The Morgan fingerprint density at radius 3 is 2.47 bits per heavy atom. The molecule has 3 nitrogen and oxygen atoms in total. The first kappa shape index (κ1) is 14.0. The SMILES string of the molecule is C#CCN(CCC(C)C)CC(C)C(=O)O. The largest absolute Gasteiger partial charge is 0.481 e. The van der Waals surface area contributed by atoms with Gasteiger partial charge in [0, 0.05) is 6.54 Å². The Hall–Kier alpha value is -1.01. The van der Waals surface area contributed by atoms with Gasteiger partial charge < -0.3 is 5.11 Å². The highest BCUT2D eigenvalue weighted by Crippen LogP contribution is 2.05. The summed E-state index contributed by atoms with van der Waals surface area (Å²) in [5, 5.41) is 8.80. The highest BCUT2D eigenvalue weighted by molar-refractivity contribution is 5.69. The van der Waals surface area contributed by atoms with Gasteiger partial charge in [0.2, 0.25) is 0 Å². The monoisotopic (exact) mass is 211 g/mol. The fraction of sp³-hybridized carbons (Fsp3) is 0.750. The maximum Gasteiger partial charge on any atom is 0.307 e. The van der Waals surface area contributed by atoms with Crippen molar-refractivity contribution in [2.45, 2.75) is 27.2 Å². The van der Waals surface area contributed by atoms with Gasteiger partial charge in [-0.25, -0.2) is 0 Å². The van der Waals surface area contributed by atoms with E-state index in [0.717, 1.165) is 13.0 Å². The van der Waals surface area contributed by atoms with Crippen LogP contribution in [0.5, 0.6) is 0 Å². The summed E-state index contributed by atoms with van der Waals surface area (Å²) in [7, 11) is 0. The fourth-order valence-corrected chi connectivity index (χ4v) is 1.27. The van der Waals surface area contributed by atoms with Crippen molar-refractivity contribution in [2.24, 2.45) is 11.8 Å². The molecule has 0 aromatic rings. The molecule has 86 valence electrons. The molecule has 1 N–H and O–H groups in total. The van der Waals surface area contributed by atoms with Crippen molar-refractivity contribution in [3.63, 3.8) is 0 Å². The lowest BCUT2D eigenvalue weighted by molar-refractivity contribution is -0.141. The molecular formula is C12H21NO2. The molecule has 0 amide bonds. The first-order valence-electron chi connectivity index (χ1n) is 5.36. The molecule has 15 heavy (non-hydrogen) atoms. The van der Waals surface area contributed by atoms with E-state index in [2.05, 4.69) is 19.8 Å². The lowest BCUT2D eigenvalue weighted by atomic mass is 10.1. The second-order valence-electron chi connectivity index (χ2n) is 4.36. The van der Waals surface area contributed by atoms with Gasteiger partial charge in [-0.15, -0.1) is 6.42 Å². The molecule has 0 aromatic carbocycles. The molecule has 0 radical (unpaired) electrons. The Morgan fingerprint density at radius 1 is 1.47 bits per heavy atom. The van der Waals surface area contributed by atoms with E-state index < -0.39 is 5.97 Å². The minimum Gasteiger partial charge on any atom is -0.481 e. The van der Waals surface area contributed by atoms with E-state index in [1.54, 1.807) is 6.92 Å². The number of hydrogen-bond donors (Lipinski definition) is 1. The number of carboxylic acid groups (broad SMARTS) is 1. The summed E-state index contributed by atoms with van der Waals surface area (Å²) in [6, 6.07) is 0. The van der Waals surface area contributed by atoms with Gasteiger partial charge in [0.25, 0.3) is 0 Å². The Balaban J connectivity index is 4.04. The number of nitrogens with zero attached hydrogens (tertiary/aromatic N) is 1. The van der Waals surface area contributed by atoms with Gasteiger partial charge in [-0.2, -0.15) is 0 Å². The number of terminal acetylenes is 1. The zero-order valence-electron chi connectivity index (χ0n) is 9.86. The number of carboxylic acids is 1. The first-order valence-corrected chi connectivity index (χ1v) is 5.36. The van der Waals surface area contributed by atoms with E-state index in [-0.39, 0.29) is 5.92 Å². The molecule has 3 heteroatoms. The predicted octanol–water partition coefficient (Wildman–Crippen LogP) is 1.69. The normalized spacial score (nSPS) is 12.8. The molecule has 0 rings (SSSR count). The summed E-state index contributed by atoms with van der Waals surface area (Å²) in [6.45, 7) is 7.95. The molecule has 0 saturated carbocycles. The maximum atomic E-state index is 10.7. The molecule has 0 aliphatic carbocycles. The number of aliphatic carboxylic acids is 1. The summed E-state index contributed by atoms with van der Waals surface area (Å²) < 4.78 is 0. The standard InChI is InChI=1S/C12H21NO2/c1-5-7-13(8-6-10(2)3)9-11(4)12(14)15/h1,10-11H,6-9H2,2-4H3,(H,14,15). The van der Waals surface area contributed by atoms with Crippen molar-refractivity contribution in [2.75, 3.05) is 19.6 Å². The third-order valence-corrected chi connectivity index (χ3v) is 2.29. The third-order valence-electron chi connectivity index (χ3n) is 2.29. The van der Waals surface area contributed by atoms with Gasteiger partial charge in [0.05, 0.1) is 12.5 Å². The Bertz CT molecular complexity index is 230. The van der Waals surface area contributed by atoms with Crippen LogP contribution < -0.4 is 0 Å². The van der Waals surface area contributed by atoms with E-state index in [1.165, 1.54) is 0 Å². The topological polar surface area (TPSA) is 40.5 Å². The van der Waals surface area contributed by atoms with Crippen LogP contribution in [0.25, 0.3) is 0 Å². The first-order chi connectivity index (χ1) is 6.97. The van der Waals surface area contributed by atoms with Crippen LogP contribution in [0, 0.1) is 24.2 Å². The van der Waals surface area contributed by atoms with E-state index in [0.29, 0.717) is 19.0 Å². The second kappa shape index (κ2) is 7.30. The summed E-state index contributed by atoms with van der Waals surface area (Å²) in [6.07, 6.45) is 6.30. The van der Waals surface area contributed by atoms with Crippen molar-refractivity contribution >= 4 is 5.97 Å². The van der Waals surface area contributed by atoms with Crippen LogP contribution in [0.15, 0.2) is 0 Å². The number of carbonyl (C=O) groups is 1. The maximum absolute atomic E-state index is 10.7. The number of rotatable bonds is 7. The summed E-state index contributed by atoms with van der Waals surface area (Å²) in [5.41, 5.74) is 0. The van der Waals surface area contributed by atoms with Crippen LogP contribution in [0.2, 0.25) is 0 Å². The molecule has 0 saturated heterocycles. The Morgan fingerprint density at radius 2 is 2.07 bits per heavy atom. The van der Waals surface area contributed by atoms with Crippen LogP contribution >= 0.6 is 0 Å².